The lowest BCUT2D eigenvalue weighted by Gasteiger charge is -2.04. The molecule has 0 saturated carbocycles. The van der Waals surface area contributed by atoms with Gasteiger partial charge in [-0.2, -0.15) is 4.80 Å². The van der Waals surface area contributed by atoms with Crippen LogP contribution in [-0.2, 0) is 11.3 Å². The van der Waals surface area contributed by atoms with E-state index >= 15 is 0 Å². The second kappa shape index (κ2) is 8.00. The molecule has 0 unspecified atom stereocenters. The number of carbonyl (C=O) groups excluding carboxylic acids is 2. The van der Waals surface area contributed by atoms with E-state index in [-0.39, 0.29) is 13.1 Å². The van der Waals surface area contributed by atoms with E-state index in [2.05, 4.69) is 46.5 Å². The first-order chi connectivity index (χ1) is 11.5. The molecule has 0 aliphatic carbocycles. The van der Waals surface area contributed by atoms with Crippen molar-refractivity contribution < 1.29 is 9.59 Å². The van der Waals surface area contributed by atoms with E-state index in [9.17, 15) is 9.59 Å². The van der Waals surface area contributed by atoms with Gasteiger partial charge >= 0.3 is 6.03 Å². The van der Waals surface area contributed by atoms with Crippen LogP contribution in [0.4, 0.5) is 4.79 Å². The van der Waals surface area contributed by atoms with Crippen LogP contribution in [0.1, 0.15) is 25.3 Å². The van der Waals surface area contributed by atoms with Crippen molar-refractivity contribution in [1.82, 2.24) is 30.8 Å². The van der Waals surface area contributed by atoms with Gasteiger partial charge in [0.25, 0.3) is 5.91 Å². The first-order valence-electron chi connectivity index (χ1n) is 7.56. The highest BCUT2D eigenvalue weighted by molar-refractivity contribution is 5.94. The van der Waals surface area contributed by atoms with Crippen LogP contribution in [0.5, 0.6) is 0 Å². The molecular weight excluding hydrogens is 308 g/mol. The van der Waals surface area contributed by atoms with Gasteiger partial charge in [0.2, 0.25) is 5.82 Å². The van der Waals surface area contributed by atoms with E-state index in [1.54, 1.807) is 0 Å². The quantitative estimate of drug-likeness (QED) is 0.782. The fraction of sp³-hybridized carbons (Fsp3) is 0.312. The maximum Gasteiger partial charge on any atom is 0.321 e. The monoisotopic (exact) mass is 328 g/mol. The van der Waals surface area contributed by atoms with Crippen LogP contribution < -0.4 is 10.6 Å². The van der Waals surface area contributed by atoms with E-state index in [0.29, 0.717) is 11.7 Å². The van der Waals surface area contributed by atoms with E-state index < -0.39 is 11.9 Å². The average Bonchev–Trinajstić information content (AvgIpc) is 3.01. The van der Waals surface area contributed by atoms with Gasteiger partial charge in [0, 0.05) is 12.1 Å². The minimum atomic E-state index is -0.593. The number of aromatic nitrogens is 4. The molecule has 0 bridgehead atoms. The summed E-state index contributed by atoms with van der Waals surface area (Å²) in [4.78, 5) is 24.2. The third-order valence-electron chi connectivity index (χ3n) is 3.23. The molecule has 0 aliphatic rings. The number of tetrazole rings is 1. The summed E-state index contributed by atoms with van der Waals surface area (Å²) in [6.07, 6.45) is 1.51. The first kappa shape index (κ1) is 17.3. The Hall–Kier alpha value is -3.03. The van der Waals surface area contributed by atoms with Crippen LogP contribution in [0, 0.1) is 0 Å². The van der Waals surface area contributed by atoms with Crippen molar-refractivity contribution in [2.45, 2.75) is 26.3 Å². The number of nitrogens with zero attached hydrogens (tertiary/aromatic N) is 4. The van der Waals surface area contributed by atoms with Gasteiger partial charge in [0.05, 0.1) is 0 Å². The summed E-state index contributed by atoms with van der Waals surface area (Å²) in [7, 11) is 0. The highest BCUT2D eigenvalue weighted by Gasteiger charge is 2.11. The number of benzene rings is 1. The number of rotatable bonds is 6. The van der Waals surface area contributed by atoms with Crippen molar-refractivity contribution in [3.05, 3.63) is 42.5 Å². The molecule has 2 rings (SSSR count). The third-order valence-corrected chi connectivity index (χ3v) is 3.23. The number of imide groups is 1. The summed E-state index contributed by atoms with van der Waals surface area (Å²) in [6, 6.07) is 7.26. The lowest BCUT2D eigenvalue weighted by atomic mass is 10.0. The van der Waals surface area contributed by atoms with E-state index in [1.807, 2.05) is 24.3 Å². The van der Waals surface area contributed by atoms with Crippen LogP contribution in [0.2, 0.25) is 0 Å². The van der Waals surface area contributed by atoms with E-state index in [0.717, 1.165) is 10.4 Å². The molecule has 0 saturated heterocycles. The number of carbonyl (C=O) groups is 2. The summed E-state index contributed by atoms with van der Waals surface area (Å²) in [6.45, 7) is 7.78. The van der Waals surface area contributed by atoms with Crippen LogP contribution >= 0.6 is 0 Å². The topological polar surface area (TPSA) is 102 Å². The Balaban J connectivity index is 1.96. The van der Waals surface area contributed by atoms with Gasteiger partial charge in [-0.3, -0.25) is 10.1 Å². The Morgan fingerprint density at radius 1 is 1.29 bits per heavy atom. The zero-order valence-electron chi connectivity index (χ0n) is 13.7. The van der Waals surface area contributed by atoms with Gasteiger partial charge in [-0.25, -0.2) is 4.79 Å². The van der Waals surface area contributed by atoms with Crippen molar-refractivity contribution in [3.8, 4) is 11.4 Å². The van der Waals surface area contributed by atoms with Crippen molar-refractivity contribution in [2.75, 3.05) is 6.54 Å². The number of nitrogens with one attached hydrogen (secondary N) is 2. The van der Waals surface area contributed by atoms with Gasteiger partial charge in [-0.15, -0.1) is 16.8 Å². The van der Waals surface area contributed by atoms with Crippen LogP contribution in [0.3, 0.4) is 0 Å². The smallest absolute Gasteiger partial charge is 0.321 e. The number of amides is 3. The predicted octanol–water partition coefficient (Wildman–Crippen LogP) is 1.48. The molecule has 0 fully saturated rings. The fourth-order valence-corrected chi connectivity index (χ4v) is 1.95. The number of hydrogen-bond donors (Lipinski definition) is 2. The molecule has 3 amide bonds. The number of hydrogen-bond acceptors (Lipinski definition) is 5. The molecule has 2 N–H and O–H groups in total. The van der Waals surface area contributed by atoms with Crippen molar-refractivity contribution in [1.29, 1.82) is 0 Å². The second-order valence-corrected chi connectivity index (χ2v) is 5.47. The Bertz CT molecular complexity index is 720. The second-order valence-electron chi connectivity index (χ2n) is 5.47. The molecule has 1 heterocycles. The summed E-state index contributed by atoms with van der Waals surface area (Å²) in [5.74, 6) is 0.337. The Morgan fingerprint density at radius 3 is 2.62 bits per heavy atom. The Morgan fingerprint density at radius 2 is 2.00 bits per heavy atom. The molecule has 0 spiro atoms. The van der Waals surface area contributed by atoms with Gasteiger partial charge in [0.15, 0.2) is 0 Å². The van der Waals surface area contributed by atoms with Crippen LogP contribution in [0.15, 0.2) is 36.9 Å². The first-order valence-corrected chi connectivity index (χ1v) is 7.56. The average molecular weight is 328 g/mol. The van der Waals surface area contributed by atoms with Crippen molar-refractivity contribution >= 4 is 11.9 Å². The molecule has 8 heteroatoms. The van der Waals surface area contributed by atoms with E-state index in [4.69, 9.17) is 0 Å². The molecule has 24 heavy (non-hydrogen) atoms. The zero-order chi connectivity index (χ0) is 17.5. The standard InChI is InChI=1S/C16H20N6O2/c1-4-9-17-16(24)18-14(23)10-22-20-15(19-21-22)13-7-5-12(6-8-13)11(2)3/h4-8,11H,1,9-10H2,2-3H3,(H2,17,18,23,24). The molecule has 126 valence electrons. The SMILES string of the molecule is C=CCNC(=O)NC(=O)Cn1nnc(-c2ccc(C(C)C)cc2)n1. The third kappa shape index (κ3) is 4.73. The number of urea groups is 1. The molecule has 1 aromatic carbocycles. The van der Waals surface area contributed by atoms with Gasteiger partial charge < -0.3 is 5.32 Å². The highest BCUT2D eigenvalue weighted by atomic mass is 16.2. The predicted molar refractivity (Wildman–Crippen MR) is 89.1 cm³/mol. The van der Waals surface area contributed by atoms with Gasteiger partial charge in [-0.05, 0) is 16.7 Å². The molecule has 2 aromatic rings. The van der Waals surface area contributed by atoms with E-state index in [1.165, 1.54) is 11.6 Å². The van der Waals surface area contributed by atoms with Crippen molar-refractivity contribution in [2.24, 2.45) is 0 Å². The lowest BCUT2D eigenvalue weighted by molar-refractivity contribution is -0.121. The summed E-state index contributed by atoms with van der Waals surface area (Å²) in [5, 5.41) is 16.5. The molecule has 0 aliphatic heterocycles. The minimum Gasteiger partial charge on any atom is -0.334 e. The van der Waals surface area contributed by atoms with Crippen LogP contribution in [-0.4, -0.2) is 38.7 Å². The molecule has 0 atom stereocenters. The normalized spacial score (nSPS) is 10.5. The van der Waals surface area contributed by atoms with Crippen LogP contribution in [0.25, 0.3) is 11.4 Å². The Labute approximate surface area is 139 Å². The molecular formula is C16H20N6O2. The maximum atomic E-state index is 11.7. The van der Waals surface area contributed by atoms with Crippen molar-refractivity contribution in [3.63, 3.8) is 0 Å². The lowest BCUT2D eigenvalue weighted by Crippen LogP contribution is -2.41. The molecule has 1 aromatic heterocycles. The largest absolute Gasteiger partial charge is 0.334 e. The molecule has 8 nitrogen and oxygen atoms in total. The summed E-state index contributed by atoms with van der Waals surface area (Å²) >= 11 is 0. The minimum absolute atomic E-state index is 0.196. The Kier molecular flexibility index (Phi) is 5.78. The maximum absolute atomic E-state index is 11.7. The highest BCUT2D eigenvalue weighted by Crippen LogP contribution is 2.19. The fourth-order valence-electron chi connectivity index (χ4n) is 1.95. The zero-order valence-corrected chi connectivity index (χ0v) is 13.7. The summed E-state index contributed by atoms with van der Waals surface area (Å²) in [5.41, 5.74) is 2.03. The van der Waals surface area contributed by atoms with Gasteiger partial charge in [0.1, 0.15) is 6.54 Å². The van der Waals surface area contributed by atoms with Gasteiger partial charge in [-0.1, -0.05) is 44.2 Å². The molecule has 0 radical (unpaired) electrons. The summed E-state index contributed by atoms with van der Waals surface area (Å²) < 4.78 is 0.